The summed E-state index contributed by atoms with van der Waals surface area (Å²) in [7, 11) is 1.55. The van der Waals surface area contributed by atoms with E-state index in [2.05, 4.69) is 43.5 Å². The van der Waals surface area contributed by atoms with E-state index in [0.717, 1.165) is 51.4 Å². The maximum atomic E-state index is 12.9. The zero-order chi connectivity index (χ0) is 51.3. The maximum absolute atomic E-state index is 12.9. The largest absolute Gasteiger partial charge is 0.472 e. The molecule has 0 aromatic rings. The van der Waals surface area contributed by atoms with Crippen LogP contribution in [-0.2, 0) is 18.4 Å². The molecule has 0 radical (unpaired) electrons. The SMILES string of the molecule is CC/C=C/CC/C=C/CC/C=C/C(O)C(COP(=O)(O)OCC[N+](C)(C)C)NC(=O)CCCCCCCCCCCCCCCCCCCCCCCCCCCCCCCCCCCCCCCC. The van der Waals surface area contributed by atoms with Crippen LogP contribution in [0, 0.1) is 0 Å². The van der Waals surface area contributed by atoms with E-state index in [1.165, 1.54) is 225 Å². The fourth-order valence-electron chi connectivity index (χ4n) is 9.14. The van der Waals surface area contributed by atoms with Crippen molar-refractivity contribution in [2.75, 3.05) is 40.9 Å². The molecule has 0 heterocycles. The molecule has 0 saturated carbocycles. The molecule has 0 bridgehead atoms. The van der Waals surface area contributed by atoms with Crippen molar-refractivity contribution in [2.45, 2.75) is 309 Å². The van der Waals surface area contributed by atoms with E-state index in [0.29, 0.717) is 17.4 Å². The molecular formula is C61H120N2O6P+. The number of rotatable bonds is 56. The third-order valence-electron chi connectivity index (χ3n) is 13.9. The van der Waals surface area contributed by atoms with Crippen LogP contribution in [0.25, 0.3) is 0 Å². The average molecular weight is 1010 g/mol. The first-order valence-corrected chi connectivity index (χ1v) is 31.9. The number of unbranched alkanes of at least 4 members (excludes halogenated alkanes) is 39. The summed E-state index contributed by atoms with van der Waals surface area (Å²) in [5.41, 5.74) is 0. The zero-order valence-corrected chi connectivity index (χ0v) is 48.2. The number of hydrogen-bond acceptors (Lipinski definition) is 5. The van der Waals surface area contributed by atoms with Crippen molar-refractivity contribution in [3.63, 3.8) is 0 Å². The topological polar surface area (TPSA) is 105 Å². The molecule has 1 amide bonds. The molecule has 0 aliphatic heterocycles. The summed E-state index contributed by atoms with van der Waals surface area (Å²) in [5.74, 6) is -0.189. The van der Waals surface area contributed by atoms with Crippen molar-refractivity contribution >= 4 is 13.7 Å². The molecule has 70 heavy (non-hydrogen) atoms. The maximum Gasteiger partial charge on any atom is 0.472 e. The number of phosphoric ester groups is 1. The number of phosphoric acid groups is 1. The molecule has 0 aliphatic rings. The quantitative estimate of drug-likeness (QED) is 0.0243. The summed E-state index contributed by atoms with van der Waals surface area (Å²) in [5, 5.41) is 13.8. The number of nitrogens with zero attached hydrogens (tertiary/aromatic N) is 1. The highest BCUT2D eigenvalue weighted by Crippen LogP contribution is 2.43. The number of quaternary nitrogens is 1. The Kier molecular flexibility index (Phi) is 51.6. The summed E-state index contributed by atoms with van der Waals surface area (Å²) < 4.78 is 23.6. The molecule has 0 aliphatic carbocycles. The minimum Gasteiger partial charge on any atom is -0.387 e. The molecule has 8 nitrogen and oxygen atoms in total. The highest BCUT2D eigenvalue weighted by molar-refractivity contribution is 7.47. The second-order valence-electron chi connectivity index (χ2n) is 22.0. The first kappa shape index (κ1) is 68.7. The van der Waals surface area contributed by atoms with Crippen molar-refractivity contribution in [1.29, 1.82) is 0 Å². The van der Waals surface area contributed by atoms with Crippen LogP contribution in [-0.4, -0.2) is 73.4 Å². The third kappa shape index (κ3) is 54.5. The minimum absolute atomic E-state index is 0.0545. The summed E-state index contributed by atoms with van der Waals surface area (Å²) >= 11 is 0. The van der Waals surface area contributed by atoms with E-state index < -0.39 is 20.0 Å². The van der Waals surface area contributed by atoms with Crippen molar-refractivity contribution < 1.29 is 32.9 Å². The number of carbonyl (C=O) groups is 1. The number of carbonyl (C=O) groups excluding carboxylic acids is 1. The molecular weight excluding hydrogens is 888 g/mol. The smallest absolute Gasteiger partial charge is 0.387 e. The van der Waals surface area contributed by atoms with E-state index in [1.54, 1.807) is 6.08 Å². The lowest BCUT2D eigenvalue weighted by Gasteiger charge is -2.25. The highest BCUT2D eigenvalue weighted by atomic mass is 31.2. The normalized spacial score (nSPS) is 14.1. The van der Waals surface area contributed by atoms with Gasteiger partial charge in [0, 0.05) is 6.42 Å². The second-order valence-corrected chi connectivity index (χ2v) is 23.5. The first-order chi connectivity index (χ1) is 34.0. The van der Waals surface area contributed by atoms with Crippen LogP contribution in [0.15, 0.2) is 36.5 Å². The lowest BCUT2D eigenvalue weighted by atomic mass is 10.0. The number of aliphatic hydroxyl groups is 1. The van der Waals surface area contributed by atoms with Gasteiger partial charge < -0.3 is 19.8 Å². The monoisotopic (exact) mass is 1010 g/mol. The molecule has 0 rings (SSSR count). The molecule has 0 spiro atoms. The lowest BCUT2D eigenvalue weighted by Crippen LogP contribution is -2.45. The predicted molar refractivity (Wildman–Crippen MR) is 304 cm³/mol. The van der Waals surface area contributed by atoms with Gasteiger partial charge in [-0.2, -0.15) is 0 Å². The van der Waals surface area contributed by atoms with Crippen LogP contribution in [0.3, 0.4) is 0 Å². The van der Waals surface area contributed by atoms with E-state index >= 15 is 0 Å². The number of likely N-dealkylation sites (N-methyl/N-ethyl adjacent to an activating group) is 1. The van der Waals surface area contributed by atoms with Gasteiger partial charge in [-0.25, -0.2) is 4.57 Å². The zero-order valence-electron chi connectivity index (χ0n) is 47.3. The van der Waals surface area contributed by atoms with Crippen molar-refractivity contribution in [1.82, 2.24) is 5.32 Å². The Balaban J connectivity index is 3.80. The number of hydrogen-bond donors (Lipinski definition) is 3. The Morgan fingerprint density at radius 3 is 1.13 bits per heavy atom. The highest BCUT2D eigenvalue weighted by Gasteiger charge is 2.27. The molecule has 3 N–H and O–H groups in total. The molecule has 3 atom stereocenters. The van der Waals surface area contributed by atoms with Gasteiger partial charge in [0.1, 0.15) is 13.2 Å². The lowest BCUT2D eigenvalue weighted by molar-refractivity contribution is -0.870. The van der Waals surface area contributed by atoms with Crippen molar-refractivity contribution in [3.05, 3.63) is 36.5 Å². The standard InChI is InChI=1S/C61H119N2O6P/c1-6-8-10-12-14-16-18-19-20-21-22-23-24-25-26-27-28-29-30-31-32-33-34-35-36-37-38-39-40-41-42-43-44-45-47-49-51-53-55-61(65)62-59(58-69-70(66,67)68-57-56-63(3,4)5)60(64)54-52-50-48-46-17-15-13-11-9-7-2/h9,11,17,46,52,54,59-60,64H,6-8,10,12-16,18-45,47-51,53,55-58H2,1-5H3,(H-,62,65,66,67)/p+1/b11-9+,46-17+,54-52+. The Hall–Kier alpha value is -1.28. The van der Waals surface area contributed by atoms with Crippen LogP contribution in [0.1, 0.15) is 296 Å². The van der Waals surface area contributed by atoms with Gasteiger partial charge in [0.2, 0.25) is 5.91 Å². The van der Waals surface area contributed by atoms with Crippen LogP contribution in [0.5, 0.6) is 0 Å². The number of nitrogens with one attached hydrogen (secondary N) is 1. The molecule has 0 aromatic heterocycles. The van der Waals surface area contributed by atoms with E-state index in [-0.39, 0.29) is 19.1 Å². The Bertz CT molecular complexity index is 1230. The van der Waals surface area contributed by atoms with Crippen LogP contribution in [0.4, 0.5) is 0 Å². The van der Waals surface area contributed by atoms with Gasteiger partial charge in [-0.3, -0.25) is 13.8 Å². The fraction of sp³-hybridized carbons (Fsp3) is 0.885. The van der Waals surface area contributed by atoms with Gasteiger partial charge in [0.25, 0.3) is 0 Å². The fourth-order valence-corrected chi connectivity index (χ4v) is 9.88. The summed E-state index contributed by atoms with van der Waals surface area (Å²) in [6.45, 7) is 4.69. The molecule has 0 aromatic carbocycles. The average Bonchev–Trinajstić information content (AvgIpc) is 3.32. The second kappa shape index (κ2) is 52.6. The van der Waals surface area contributed by atoms with Gasteiger partial charge in [0.05, 0.1) is 39.9 Å². The van der Waals surface area contributed by atoms with Gasteiger partial charge in [-0.1, -0.05) is 288 Å². The van der Waals surface area contributed by atoms with E-state index in [9.17, 15) is 19.4 Å². The molecule has 414 valence electrons. The molecule has 0 saturated heterocycles. The van der Waals surface area contributed by atoms with E-state index in [1.807, 2.05) is 27.2 Å². The van der Waals surface area contributed by atoms with Gasteiger partial charge in [-0.15, -0.1) is 0 Å². The third-order valence-corrected chi connectivity index (χ3v) is 14.8. The van der Waals surface area contributed by atoms with Crippen molar-refractivity contribution in [3.8, 4) is 0 Å². The summed E-state index contributed by atoms with van der Waals surface area (Å²) in [6, 6.07) is -0.866. The molecule has 9 heteroatoms. The van der Waals surface area contributed by atoms with Gasteiger partial charge in [-0.05, 0) is 38.5 Å². The first-order valence-electron chi connectivity index (χ1n) is 30.4. The minimum atomic E-state index is -4.35. The summed E-state index contributed by atoms with van der Waals surface area (Å²) in [6.07, 6.45) is 68.9. The number of allylic oxidation sites excluding steroid dienone is 5. The molecule has 3 unspecified atom stereocenters. The van der Waals surface area contributed by atoms with Crippen LogP contribution >= 0.6 is 7.82 Å². The number of aliphatic hydroxyl groups excluding tert-OH is 1. The van der Waals surface area contributed by atoms with Crippen LogP contribution in [0.2, 0.25) is 0 Å². The van der Waals surface area contributed by atoms with Crippen molar-refractivity contribution in [2.24, 2.45) is 0 Å². The Morgan fingerprint density at radius 2 is 0.800 bits per heavy atom. The van der Waals surface area contributed by atoms with Gasteiger partial charge in [0.15, 0.2) is 0 Å². The summed E-state index contributed by atoms with van der Waals surface area (Å²) in [4.78, 5) is 23.2. The number of amides is 1. The van der Waals surface area contributed by atoms with Gasteiger partial charge >= 0.3 is 7.82 Å². The van der Waals surface area contributed by atoms with E-state index in [4.69, 9.17) is 9.05 Å². The molecule has 0 fully saturated rings. The Morgan fingerprint density at radius 1 is 0.486 bits per heavy atom. The van der Waals surface area contributed by atoms with Crippen LogP contribution < -0.4 is 5.32 Å². The Labute approximate surface area is 436 Å². The predicted octanol–water partition coefficient (Wildman–Crippen LogP) is 18.5.